The van der Waals surface area contributed by atoms with E-state index >= 15 is 0 Å². The monoisotopic (exact) mass is 318 g/mol. The van der Waals surface area contributed by atoms with Crippen LogP contribution in [-0.2, 0) is 0 Å². The molecule has 1 aromatic heterocycles. The van der Waals surface area contributed by atoms with Crippen LogP contribution in [0.3, 0.4) is 0 Å². The number of piperidine rings is 1. The Kier molecular flexibility index (Phi) is 4.25. The molecule has 2 heterocycles. The number of aromatic nitrogens is 1. The van der Waals surface area contributed by atoms with Crippen LogP contribution in [0.15, 0.2) is 24.3 Å². The molecule has 1 unspecified atom stereocenters. The first-order valence-corrected chi connectivity index (χ1v) is 8.35. The van der Waals surface area contributed by atoms with Crippen molar-refractivity contribution < 1.29 is 9.18 Å². The lowest BCUT2D eigenvalue weighted by atomic mass is 9.98. The van der Waals surface area contributed by atoms with E-state index in [1.807, 2.05) is 11.8 Å². The van der Waals surface area contributed by atoms with Gasteiger partial charge in [-0.2, -0.15) is 0 Å². The van der Waals surface area contributed by atoms with Gasteiger partial charge >= 0.3 is 0 Å². The molecule has 1 aliphatic heterocycles. The first-order valence-electron chi connectivity index (χ1n) is 7.53. The number of thiazole rings is 1. The van der Waals surface area contributed by atoms with E-state index in [4.69, 9.17) is 0 Å². The molecule has 116 valence electrons. The minimum absolute atomic E-state index is 0.0887. The van der Waals surface area contributed by atoms with Crippen molar-refractivity contribution in [3.63, 3.8) is 0 Å². The van der Waals surface area contributed by atoms with Crippen LogP contribution in [0.1, 0.15) is 44.7 Å². The predicted octanol–water partition coefficient (Wildman–Crippen LogP) is 3.92. The zero-order valence-corrected chi connectivity index (χ0v) is 13.6. The summed E-state index contributed by atoms with van der Waals surface area (Å²) in [6.45, 7) is 5.50. The summed E-state index contributed by atoms with van der Waals surface area (Å²) in [6, 6.07) is 5.92. The van der Waals surface area contributed by atoms with Gasteiger partial charge in [-0.25, -0.2) is 9.37 Å². The summed E-state index contributed by atoms with van der Waals surface area (Å²) >= 11 is 1.72. The number of aryl methyl sites for hydroxylation is 2. The number of carbonyl (C=O) groups excluding carboxylic acids is 1. The third-order valence-electron chi connectivity index (χ3n) is 4.17. The summed E-state index contributed by atoms with van der Waals surface area (Å²) in [5.74, 6) is -0.163. The molecule has 2 aromatic rings. The molecule has 0 bridgehead atoms. The zero-order chi connectivity index (χ0) is 15.7. The second-order valence-electron chi connectivity index (χ2n) is 5.79. The van der Waals surface area contributed by atoms with Crippen molar-refractivity contribution in [3.8, 4) is 0 Å². The van der Waals surface area contributed by atoms with Crippen LogP contribution < -0.4 is 0 Å². The summed E-state index contributed by atoms with van der Waals surface area (Å²) < 4.78 is 13.3. The Morgan fingerprint density at radius 2 is 2.23 bits per heavy atom. The van der Waals surface area contributed by atoms with Gasteiger partial charge in [-0.1, -0.05) is 6.07 Å². The normalized spacial score (nSPS) is 18.5. The highest BCUT2D eigenvalue weighted by Crippen LogP contribution is 2.31. The van der Waals surface area contributed by atoms with Gasteiger partial charge in [-0.15, -0.1) is 11.3 Å². The van der Waals surface area contributed by atoms with Gasteiger partial charge < -0.3 is 4.90 Å². The van der Waals surface area contributed by atoms with Crippen LogP contribution >= 0.6 is 11.3 Å². The van der Waals surface area contributed by atoms with Crippen molar-refractivity contribution in [3.05, 3.63) is 51.2 Å². The van der Waals surface area contributed by atoms with Crippen LogP contribution in [0.2, 0.25) is 0 Å². The quantitative estimate of drug-likeness (QED) is 0.841. The second kappa shape index (κ2) is 6.16. The van der Waals surface area contributed by atoms with E-state index in [0.717, 1.165) is 30.1 Å². The fraction of sp³-hybridized carbons (Fsp3) is 0.412. The Bertz CT molecular complexity index is 678. The highest BCUT2D eigenvalue weighted by atomic mass is 32.1. The van der Waals surface area contributed by atoms with E-state index < -0.39 is 0 Å². The summed E-state index contributed by atoms with van der Waals surface area (Å²) in [6.07, 6.45) is 2.02. The van der Waals surface area contributed by atoms with Crippen LogP contribution in [-0.4, -0.2) is 28.9 Å². The van der Waals surface area contributed by atoms with Crippen molar-refractivity contribution in [1.82, 2.24) is 9.88 Å². The molecule has 0 N–H and O–H groups in total. The van der Waals surface area contributed by atoms with Crippen LogP contribution in [0, 0.1) is 19.7 Å². The predicted molar refractivity (Wildman–Crippen MR) is 85.9 cm³/mol. The number of halogens is 1. The Hall–Kier alpha value is -1.75. The molecule has 0 saturated carbocycles. The lowest BCUT2D eigenvalue weighted by molar-refractivity contribution is 0.0706. The average Bonchev–Trinajstić information content (AvgIpc) is 2.86. The number of hydrogen-bond acceptors (Lipinski definition) is 3. The lowest BCUT2D eigenvalue weighted by Gasteiger charge is -2.32. The summed E-state index contributed by atoms with van der Waals surface area (Å²) in [5, 5.41) is 1.12. The molecule has 0 spiro atoms. The number of likely N-dealkylation sites (tertiary alicyclic amines) is 1. The van der Waals surface area contributed by atoms with Crippen LogP contribution in [0.5, 0.6) is 0 Å². The molecule has 1 aromatic carbocycles. The van der Waals surface area contributed by atoms with Gasteiger partial charge in [-0.3, -0.25) is 4.79 Å². The van der Waals surface area contributed by atoms with Crippen molar-refractivity contribution in [2.45, 2.75) is 32.6 Å². The van der Waals surface area contributed by atoms with Crippen molar-refractivity contribution >= 4 is 17.2 Å². The molecule has 0 aliphatic carbocycles. The van der Waals surface area contributed by atoms with Crippen molar-refractivity contribution in [2.75, 3.05) is 13.1 Å². The summed E-state index contributed by atoms with van der Waals surface area (Å²) in [5.41, 5.74) is 1.50. The first-order chi connectivity index (χ1) is 10.5. The van der Waals surface area contributed by atoms with Gasteiger partial charge in [0.25, 0.3) is 5.91 Å². The number of nitrogens with zero attached hydrogens (tertiary/aromatic N) is 2. The molecule has 1 amide bonds. The second-order valence-corrected chi connectivity index (χ2v) is 7.03. The maximum Gasteiger partial charge on any atom is 0.253 e. The van der Waals surface area contributed by atoms with E-state index in [1.165, 1.54) is 17.0 Å². The highest BCUT2D eigenvalue weighted by molar-refractivity contribution is 7.11. The van der Waals surface area contributed by atoms with Gasteiger partial charge in [0.15, 0.2) is 0 Å². The summed E-state index contributed by atoms with van der Waals surface area (Å²) in [4.78, 5) is 20.2. The molecular formula is C17H19FN2OS. The van der Waals surface area contributed by atoms with Gasteiger partial charge in [0.1, 0.15) is 5.82 Å². The third kappa shape index (κ3) is 3.04. The minimum Gasteiger partial charge on any atom is -0.338 e. The van der Waals surface area contributed by atoms with Crippen molar-refractivity contribution in [1.29, 1.82) is 0 Å². The summed E-state index contributed by atoms with van der Waals surface area (Å²) in [7, 11) is 0. The zero-order valence-electron chi connectivity index (χ0n) is 12.8. The number of benzene rings is 1. The third-order valence-corrected chi connectivity index (χ3v) is 5.41. The van der Waals surface area contributed by atoms with Gasteiger partial charge in [0.2, 0.25) is 0 Å². The molecule has 1 saturated heterocycles. The number of rotatable bonds is 2. The Labute approximate surface area is 133 Å². The molecule has 1 fully saturated rings. The van der Waals surface area contributed by atoms with E-state index in [-0.39, 0.29) is 11.7 Å². The van der Waals surface area contributed by atoms with E-state index in [9.17, 15) is 9.18 Å². The number of amides is 1. The highest BCUT2D eigenvalue weighted by Gasteiger charge is 2.27. The number of hydrogen-bond donors (Lipinski definition) is 0. The van der Waals surface area contributed by atoms with Crippen molar-refractivity contribution in [2.24, 2.45) is 0 Å². The minimum atomic E-state index is -0.370. The standard InChI is InChI=1S/C17H19FN2OS/c1-11-12(2)22-16(19-11)14-6-4-8-20(10-14)17(21)13-5-3-7-15(18)9-13/h3,5,7,9,14H,4,6,8,10H2,1-2H3. The topological polar surface area (TPSA) is 33.2 Å². The molecule has 22 heavy (non-hydrogen) atoms. The fourth-order valence-electron chi connectivity index (χ4n) is 2.84. The molecule has 3 nitrogen and oxygen atoms in total. The van der Waals surface area contributed by atoms with E-state index in [0.29, 0.717) is 18.0 Å². The molecule has 0 radical (unpaired) electrons. The van der Waals surface area contributed by atoms with Crippen LogP contribution in [0.4, 0.5) is 4.39 Å². The molecule has 5 heteroatoms. The van der Waals surface area contributed by atoms with Gasteiger partial charge in [0.05, 0.1) is 10.7 Å². The first kappa shape index (κ1) is 15.2. The number of carbonyl (C=O) groups is 1. The average molecular weight is 318 g/mol. The Balaban J connectivity index is 1.76. The maximum atomic E-state index is 13.3. The Morgan fingerprint density at radius 3 is 2.91 bits per heavy atom. The van der Waals surface area contributed by atoms with E-state index in [2.05, 4.69) is 11.9 Å². The smallest absolute Gasteiger partial charge is 0.253 e. The lowest BCUT2D eigenvalue weighted by Crippen LogP contribution is -2.39. The van der Waals surface area contributed by atoms with Gasteiger partial charge in [-0.05, 0) is 44.9 Å². The van der Waals surface area contributed by atoms with E-state index in [1.54, 1.807) is 23.5 Å². The molecule has 3 rings (SSSR count). The molecule has 1 atom stereocenters. The Morgan fingerprint density at radius 1 is 1.41 bits per heavy atom. The molecule has 1 aliphatic rings. The maximum absolute atomic E-state index is 13.3. The SMILES string of the molecule is Cc1nc(C2CCCN(C(=O)c3cccc(F)c3)C2)sc1C. The fourth-order valence-corrected chi connectivity index (χ4v) is 3.89. The van der Waals surface area contributed by atoms with Crippen LogP contribution in [0.25, 0.3) is 0 Å². The largest absolute Gasteiger partial charge is 0.338 e. The molecular weight excluding hydrogens is 299 g/mol. The van der Waals surface area contributed by atoms with Gasteiger partial charge in [0, 0.05) is 29.4 Å².